The molecule has 0 fully saturated rings. The fourth-order valence-corrected chi connectivity index (χ4v) is 2.44. The molecule has 2 N–H and O–H groups in total. The first kappa shape index (κ1) is 17.0. The van der Waals surface area contributed by atoms with Gasteiger partial charge in [-0.25, -0.2) is 0 Å². The molecule has 5 nitrogen and oxygen atoms in total. The van der Waals surface area contributed by atoms with E-state index in [4.69, 9.17) is 4.74 Å². The molecule has 120 valence electrons. The van der Waals surface area contributed by atoms with E-state index in [-0.39, 0.29) is 11.8 Å². The van der Waals surface area contributed by atoms with Gasteiger partial charge in [-0.1, -0.05) is 22.0 Å². The molecular weight excluding hydrogens is 360 g/mol. The van der Waals surface area contributed by atoms with Crippen molar-refractivity contribution >= 4 is 39.1 Å². The first-order chi connectivity index (χ1) is 10.9. The quantitative estimate of drug-likeness (QED) is 0.847. The van der Waals surface area contributed by atoms with Crippen molar-refractivity contribution in [3.8, 4) is 5.75 Å². The van der Waals surface area contributed by atoms with E-state index < -0.39 is 0 Å². The Hall–Kier alpha value is -2.34. The van der Waals surface area contributed by atoms with Crippen LogP contribution < -0.4 is 15.4 Å². The number of hydrogen-bond donors (Lipinski definition) is 2. The maximum Gasteiger partial charge on any atom is 0.255 e. The molecule has 0 spiro atoms. The van der Waals surface area contributed by atoms with Crippen LogP contribution in [0.5, 0.6) is 5.75 Å². The molecule has 0 heterocycles. The number of aryl methyl sites for hydroxylation is 1. The third kappa shape index (κ3) is 4.32. The van der Waals surface area contributed by atoms with Crippen LogP contribution in [0.1, 0.15) is 22.8 Å². The number of carbonyl (C=O) groups excluding carboxylic acids is 2. The van der Waals surface area contributed by atoms with Gasteiger partial charge in [0.15, 0.2) is 0 Å². The first-order valence-corrected chi connectivity index (χ1v) is 7.73. The third-order valence-corrected chi connectivity index (χ3v) is 3.70. The van der Waals surface area contributed by atoms with Gasteiger partial charge in [0.1, 0.15) is 5.75 Å². The molecule has 0 bridgehead atoms. The topological polar surface area (TPSA) is 67.4 Å². The summed E-state index contributed by atoms with van der Waals surface area (Å²) in [5, 5.41) is 5.49. The molecule has 0 saturated carbocycles. The fraction of sp³-hybridized carbons (Fsp3) is 0.176. The van der Waals surface area contributed by atoms with Gasteiger partial charge in [-0.3, -0.25) is 9.59 Å². The maximum atomic E-state index is 12.4. The van der Waals surface area contributed by atoms with E-state index in [9.17, 15) is 9.59 Å². The summed E-state index contributed by atoms with van der Waals surface area (Å²) in [6, 6.07) is 10.5. The van der Waals surface area contributed by atoms with Gasteiger partial charge in [0.05, 0.1) is 18.5 Å². The van der Waals surface area contributed by atoms with E-state index in [2.05, 4.69) is 26.6 Å². The lowest BCUT2D eigenvalue weighted by Crippen LogP contribution is -2.15. The molecule has 0 atom stereocenters. The summed E-state index contributed by atoms with van der Waals surface area (Å²) in [5.41, 5.74) is 2.47. The number of carbonyl (C=O) groups is 2. The molecule has 6 heteroatoms. The lowest BCUT2D eigenvalue weighted by molar-refractivity contribution is -0.114. The van der Waals surface area contributed by atoms with E-state index in [0.717, 1.165) is 10.0 Å². The minimum atomic E-state index is -0.284. The number of anilines is 2. The number of halogens is 1. The average Bonchev–Trinajstić information content (AvgIpc) is 2.50. The van der Waals surface area contributed by atoms with Gasteiger partial charge in [-0.2, -0.15) is 0 Å². The van der Waals surface area contributed by atoms with Crippen LogP contribution in [0.15, 0.2) is 40.9 Å². The molecule has 2 amide bonds. The van der Waals surface area contributed by atoms with Crippen molar-refractivity contribution in [1.82, 2.24) is 0 Å². The van der Waals surface area contributed by atoms with Gasteiger partial charge in [-0.05, 0) is 42.8 Å². The normalized spacial score (nSPS) is 10.1. The van der Waals surface area contributed by atoms with Gasteiger partial charge in [0.25, 0.3) is 5.91 Å². The van der Waals surface area contributed by atoms with Gasteiger partial charge >= 0.3 is 0 Å². The molecule has 0 radical (unpaired) electrons. The minimum Gasteiger partial charge on any atom is -0.496 e. The summed E-state index contributed by atoms with van der Waals surface area (Å²) < 4.78 is 6.03. The molecule has 0 aliphatic heterocycles. The lowest BCUT2D eigenvalue weighted by atomic mass is 10.1. The molecular formula is C17H17BrN2O3. The van der Waals surface area contributed by atoms with Crippen LogP contribution in [0.4, 0.5) is 11.4 Å². The van der Waals surface area contributed by atoms with Crippen molar-refractivity contribution in [2.45, 2.75) is 13.8 Å². The number of hydrogen-bond acceptors (Lipinski definition) is 3. The average molecular weight is 377 g/mol. The highest BCUT2D eigenvalue weighted by atomic mass is 79.9. The van der Waals surface area contributed by atoms with Crippen LogP contribution in [0.25, 0.3) is 0 Å². The summed E-state index contributed by atoms with van der Waals surface area (Å²) in [6.07, 6.45) is 0. The van der Waals surface area contributed by atoms with E-state index in [1.165, 1.54) is 6.92 Å². The maximum absolute atomic E-state index is 12.4. The van der Waals surface area contributed by atoms with Crippen molar-refractivity contribution in [3.05, 3.63) is 52.0 Å². The Morgan fingerprint density at radius 2 is 1.78 bits per heavy atom. The Morgan fingerprint density at radius 3 is 2.43 bits per heavy atom. The van der Waals surface area contributed by atoms with Crippen molar-refractivity contribution in [2.75, 3.05) is 17.7 Å². The van der Waals surface area contributed by atoms with Crippen LogP contribution >= 0.6 is 15.9 Å². The van der Waals surface area contributed by atoms with Crippen LogP contribution in [-0.2, 0) is 4.79 Å². The second-order valence-corrected chi connectivity index (χ2v) is 5.93. The zero-order chi connectivity index (χ0) is 17.0. The lowest BCUT2D eigenvalue weighted by Gasteiger charge is -2.13. The highest BCUT2D eigenvalue weighted by Gasteiger charge is 2.12. The minimum absolute atomic E-state index is 0.208. The molecule has 0 unspecified atom stereocenters. The Morgan fingerprint density at radius 1 is 1.04 bits per heavy atom. The SMILES string of the molecule is COc1cc(C(=O)Nc2cc(Br)ccc2NC(C)=O)ccc1C. The zero-order valence-corrected chi connectivity index (χ0v) is 14.7. The predicted molar refractivity (Wildman–Crippen MR) is 94.1 cm³/mol. The molecule has 2 aromatic carbocycles. The van der Waals surface area contributed by atoms with E-state index in [0.29, 0.717) is 22.7 Å². The largest absolute Gasteiger partial charge is 0.496 e. The predicted octanol–water partition coefficient (Wildman–Crippen LogP) is 3.98. The second-order valence-electron chi connectivity index (χ2n) is 5.01. The summed E-state index contributed by atoms with van der Waals surface area (Å²) in [4.78, 5) is 23.7. The molecule has 2 rings (SSSR count). The third-order valence-electron chi connectivity index (χ3n) is 3.21. The first-order valence-electron chi connectivity index (χ1n) is 6.94. The zero-order valence-electron chi connectivity index (χ0n) is 13.1. The van der Waals surface area contributed by atoms with Crippen molar-refractivity contribution < 1.29 is 14.3 Å². The Bertz CT molecular complexity index is 759. The molecule has 23 heavy (non-hydrogen) atoms. The van der Waals surface area contributed by atoms with Gasteiger partial charge in [-0.15, -0.1) is 0 Å². The van der Waals surface area contributed by atoms with E-state index >= 15 is 0 Å². The standard InChI is InChI=1S/C17H17BrN2O3/c1-10-4-5-12(8-16(10)23-3)17(22)20-15-9-13(18)6-7-14(15)19-11(2)21/h4-9H,1-3H3,(H,19,21)(H,20,22). The Labute approximate surface area is 143 Å². The van der Waals surface area contributed by atoms with Gasteiger partial charge < -0.3 is 15.4 Å². The molecule has 0 aromatic heterocycles. The number of methoxy groups -OCH3 is 1. The number of rotatable bonds is 4. The van der Waals surface area contributed by atoms with Crippen molar-refractivity contribution in [1.29, 1.82) is 0 Å². The van der Waals surface area contributed by atoms with Crippen molar-refractivity contribution in [3.63, 3.8) is 0 Å². The Balaban J connectivity index is 2.29. The van der Waals surface area contributed by atoms with Crippen LogP contribution in [0.2, 0.25) is 0 Å². The van der Waals surface area contributed by atoms with Gasteiger partial charge in [0.2, 0.25) is 5.91 Å². The van der Waals surface area contributed by atoms with Crippen LogP contribution in [0.3, 0.4) is 0 Å². The highest BCUT2D eigenvalue weighted by molar-refractivity contribution is 9.10. The van der Waals surface area contributed by atoms with Crippen LogP contribution in [0, 0.1) is 6.92 Å². The summed E-state index contributed by atoms with van der Waals surface area (Å²) in [7, 11) is 1.56. The highest BCUT2D eigenvalue weighted by Crippen LogP contribution is 2.27. The number of amides is 2. The van der Waals surface area contributed by atoms with Crippen LogP contribution in [-0.4, -0.2) is 18.9 Å². The molecule has 0 saturated heterocycles. The number of ether oxygens (including phenoxy) is 1. The second kappa shape index (κ2) is 7.28. The molecule has 0 aliphatic rings. The molecule has 2 aromatic rings. The summed E-state index contributed by atoms with van der Waals surface area (Å²) >= 11 is 3.36. The number of benzene rings is 2. The summed E-state index contributed by atoms with van der Waals surface area (Å²) in [6.45, 7) is 3.32. The number of nitrogens with one attached hydrogen (secondary N) is 2. The van der Waals surface area contributed by atoms with E-state index in [1.54, 1.807) is 37.4 Å². The smallest absolute Gasteiger partial charge is 0.255 e. The molecule has 0 aliphatic carbocycles. The summed E-state index contributed by atoms with van der Waals surface area (Å²) in [5.74, 6) is 0.154. The van der Waals surface area contributed by atoms with Gasteiger partial charge in [0, 0.05) is 17.0 Å². The monoisotopic (exact) mass is 376 g/mol. The Kier molecular flexibility index (Phi) is 5.39. The fourth-order valence-electron chi connectivity index (χ4n) is 2.07. The van der Waals surface area contributed by atoms with E-state index in [1.807, 2.05) is 13.0 Å². The van der Waals surface area contributed by atoms with Crippen molar-refractivity contribution in [2.24, 2.45) is 0 Å².